The molecule has 0 radical (unpaired) electrons. The van der Waals surface area contributed by atoms with Gasteiger partial charge in [0.25, 0.3) is 0 Å². The molecular formula is C43H28N2O2. The highest BCUT2D eigenvalue weighted by atomic mass is 16.4. The van der Waals surface area contributed by atoms with Crippen molar-refractivity contribution < 1.29 is 8.83 Å². The van der Waals surface area contributed by atoms with E-state index in [1.165, 1.54) is 16.7 Å². The lowest BCUT2D eigenvalue weighted by Crippen LogP contribution is -2.09. The van der Waals surface area contributed by atoms with Gasteiger partial charge < -0.3 is 13.7 Å². The maximum atomic E-state index is 6.47. The van der Waals surface area contributed by atoms with E-state index in [1.807, 2.05) is 54.6 Å². The molecule has 0 aliphatic carbocycles. The lowest BCUT2D eigenvalue weighted by Gasteiger charge is -2.26. The van der Waals surface area contributed by atoms with E-state index in [1.54, 1.807) is 0 Å². The minimum atomic E-state index is 0.604. The number of anilines is 3. The molecule has 0 saturated heterocycles. The minimum Gasteiger partial charge on any atom is -0.456 e. The van der Waals surface area contributed by atoms with E-state index in [-0.39, 0.29) is 0 Å². The highest BCUT2D eigenvalue weighted by Crippen LogP contribution is 2.40. The summed E-state index contributed by atoms with van der Waals surface area (Å²) >= 11 is 0. The van der Waals surface area contributed by atoms with Gasteiger partial charge in [-0.3, -0.25) is 0 Å². The van der Waals surface area contributed by atoms with E-state index in [4.69, 9.17) is 13.8 Å². The molecule has 2 heterocycles. The maximum Gasteiger partial charge on any atom is 0.227 e. The summed E-state index contributed by atoms with van der Waals surface area (Å²) in [6.45, 7) is 0. The molecule has 2 aromatic heterocycles. The number of aromatic nitrogens is 1. The summed E-state index contributed by atoms with van der Waals surface area (Å²) in [5.41, 5.74) is 11.9. The van der Waals surface area contributed by atoms with Gasteiger partial charge in [0.2, 0.25) is 5.89 Å². The molecule has 7 aromatic carbocycles. The standard InChI is InChI=1S/C43H28N2O2/c1-4-11-29(12-5-1)30-19-21-31(22-20-30)33-15-10-18-35(25-33)45(34-16-8-3-9-17-34)36-23-24-37-38-27-42-39(28-41(38)46-40(37)26-36)44-43(47-42)32-13-6-2-7-14-32/h1-28H. The first-order valence-corrected chi connectivity index (χ1v) is 15.7. The van der Waals surface area contributed by atoms with Gasteiger partial charge in [-0.2, -0.15) is 0 Å². The molecule has 4 heteroatoms. The topological polar surface area (TPSA) is 42.4 Å². The van der Waals surface area contributed by atoms with E-state index in [2.05, 4.69) is 120 Å². The van der Waals surface area contributed by atoms with Gasteiger partial charge in [-0.25, -0.2) is 4.98 Å². The van der Waals surface area contributed by atoms with E-state index >= 15 is 0 Å². The largest absolute Gasteiger partial charge is 0.456 e. The van der Waals surface area contributed by atoms with Crippen LogP contribution in [-0.2, 0) is 0 Å². The Morgan fingerprint density at radius 1 is 0.362 bits per heavy atom. The summed E-state index contributed by atoms with van der Waals surface area (Å²) in [5.74, 6) is 0.604. The molecule has 0 unspecified atom stereocenters. The summed E-state index contributed by atoms with van der Waals surface area (Å²) in [7, 11) is 0. The quantitative estimate of drug-likeness (QED) is 0.189. The number of nitrogens with zero attached hydrogens (tertiary/aromatic N) is 2. The fraction of sp³-hybridized carbons (Fsp3) is 0. The van der Waals surface area contributed by atoms with E-state index < -0.39 is 0 Å². The first-order valence-electron chi connectivity index (χ1n) is 15.7. The Morgan fingerprint density at radius 3 is 1.68 bits per heavy atom. The molecule has 0 aliphatic rings. The minimum absolute atomic E-state index is 0.604. The summed E-state index contributed by atoms with van der Waals surface area (Å²) in [5, 5.41) is 2.03. The van der Waals surface area contributed by atoms with Crippen molar-refractivity contribution in [3.05, 3.63) is 170 Å². The molecule has 0 aliphatic heterocycles. The van der Waals surface area contributed by atoms with Crippen LogP contribution in [0.1, 0.15) is 0 Å². The van der Waals surface area contributed by atoms with Crippen LogP contribution in [0.5, 0.6) is 0 Å². The third kappa shape index (κ3) is 4.93. The monoisotopic (exact) mass is 604 g/mol. The predicted octanol–water partition coefficient (Wildman–Crippen LogP) is 12.2. The molecule has 0 bridgehead atoms. The van der Waals surface area contributed by atoms with Crippen LogP contribution < -0.4 is 4.90 Å². The molecule has 4 nitrogen and oxygen atoms in total. The summed E-state index contributed by atoms with van der Waals surface area (Å²) in [4.78, 5) is 7.02. The SMILES string of the molecule is c1ccc(-c2ccc(-c3cccc(N(c4ccccc4)c4ccc5c(c4)oc4cc6nc(-c7ccccc7)oc6cc45)c3)cc2)cc1. The van der Waals surface area contributed by atoms with E-state index in [0.717, 1.165) is 61.2 Å². The summed E-state index contributed by atoms with van der Waals surface area (Å²) < 4.78 is 12.6. The third-order valence-corrected chi connectivity index (χ3v) is 8.69. The molecule has 0 saturated carbocycles. The van der Waals surface area contributed by atoms with Crippen LogP contribution in [0.3, 0.4) is 0 Å². The van der Waals surface area contributed by atoms with Gasteiger partial charge in [0, 0.05) is 45.5 Å². The molecule has 0 fully saturated rings. The molecule has 9 aromatic rings. The predicted molar refractivity (Wildman–Crippen MR) is 192 cm³/mol. The number of furan rings is 1. The number of hydrogen-bond donors (Lipinski definition) is 0. The van der Waals surface area contributed by atoms with Crippen molar-refractivity contribution in [3.63, 3.8) is 0 Å². The molecule has 0 amide bonds. The zero-order valence-electron chi connectivity index (χ0n) is 25.4. The Kier molecular flexibility index (Phi) is 6.43. The second-order valence-electron chi connectivity index (χ2n) is 11.6. The van der Waals surface area contributed by atoms with E-state index in [0.29, 0.717) is 5.89 Å². The van der Waals surface area contributed by atoms with Gasteiger partial charge in [0.1, 0.15) is 16.7 Å². The molecule has 47 heavy (non-hydrogen) atoms. The molecular weight excluding hydrogens is 576 g/mol. The number of oxazole rings is 1. The average Bonchev–Trinajstić information content (AvgIpc) is 3.72. The van der Waals surface area contributed by atoms with E-state index in [9.17, 15) is 0 Å². The number of fused-ring (bicyclic) bond motifs is 4. The van der Waals surface area contributed by atoms with Gasteiger partial charge >= 0.3 is 0 Å². The fourth-order valence-corrected chi connectivity index (χ4v) is 6.36. The lowest BCUT2D eigenvalue weighted by atomic mass is 10.00. The van der Waals surface area contributed by atoms with Crippen molar-refractivity contribution in [2.75, 3.05) is 4.90 Å². The fourth-order valence-electron chi connectivity index (χ4n) is 6.36. The van der Waals surface area contributed by atoms with Gasteiger partial charge in [0.15, 0.2) is 5.58 Å². The second-order valence-corrected chi connectivity index (χ2v) is 11.6. The van der Waals surface area contributed by atoms with Crippen molar-refractivity contribution in [1.29, 1.82) is 0 Å². The van der Waals surface area contributed by atoms with Gasteiger partial charge in [-0.05, 0) is 76.9 Å². The Morgan fingerprint density at radius 2 is 0.936 bits per heavy atom. The molecule has 0 N–H and O–H groups in total. The Hall–Kier alpha value is -6.39. The van der Waals surface area contributed by atoms with Crippen molar-refractivity contribution in [1.82, 2.24) is 4.98 Å². The average molecular weight is 605 g/mol. The van der Waals surface area contributed by atoms with Gasteiger partial charge in [0.05, 0.1) is 0 Å². The lowest BCUT2D eigenvalue weighted by molar-refractivity contribution is 0.620. The number of hydrogen-bond acceptors (Lipinski definition) is 4. The number of para-hydroxylation sites is 1. The third-order valence-electron chi connectivity index (χ3n) is 8.69. The first kappa shape index (κ1) is 27.0. The zero-order chi connectivity index (χ0) is 31.2. The van der Waals surface area contributed by atoms with Gasteiger partial charge in [-0.15, -0.1) is 0 Å². The Balaban J connectivity index is 1.11. The van der Waals surface area contributed by atoms with Crippen LogP contribution >= 0.6 is 0 Å². The van der Waals surface area contributed by atoms with Crippen molar-refractivity contribution in [2.24, 2.45) is 0 Å². The zero-order valence-corrected chi connectivity index (χ0v) is 25.4. The second kappa shape index (κ2) is 11.2. The van der Waals surface area contributed by atoms with Crippen LogP contribution in [0.2, 0.25) is 0 Å². The molecule has 9 rings (SSSR count). The van der Waals surface area contributed by atoms with Crippen LogP contribution in [-0.4, -0.2) is 4.98 Å². The van der Waals surface area contributed by atoms with Crippen molar-refractivity contribution in [2.45, 2.75) is 0 Å². The molecule has 222 valence electrons. The van der Waals surface area contributed by atoms with Crippen molar-refractivity contribution >= 4 is 50.1 Å². The van der Waals surface area contributed by atoms with Crippen LogP contribution in [0.25, 0.3) is 66.7 Å². The summed E-state index contributed by atoms with van der Waals surface area (Å²) in [6, 6.07) is 58.8. The number of rotatable bonds is 6. The molecule has 0 atom stereocenters. The maximum absolute atomic E-state index is 6.47. The number of benzene rings is 7. The van der Waals surface area contributed by atoms with Crippen molar-refractivity contribution in [3.8, 4) is 33.7 Å². The first-order chi connectivity index (χ1) is 23.3. The Bertz CT molecular complexity index is 2500. The smallest absolute Gasteiger partial charge is 0.227 e. The Labute approximate surface area is 271 Å². The van der Waals surface area contributed by atoms with Crippen LogP contribution in [0.4, 0.5) is 17.1 Å². The van der Waals surface area contributed by atoms with Crippen LogP contribution in [0, 0.1) is 0 Å². The van der Waals surface area contributed by atoms with Gasteiger partial charge in [-0.1, -0.05) is 103 Å². The normalized spacial score (nSPS) is 11.4. The molecule has 0 spiro atoms. The van der Waals surface area contributed by atoms with Crippen LogP contribution in [0.15, 0.2) is 179 Å². The highest BCUT2D eigenvalue weighted by Gasteiger charge is 2.18. The highest BCUT2D eigenvalue weighted by molar-refractivity contribution is 6.09. The summed E-state index contributed by atoms with van der Waals surface area (Å²) in [6.07, 6.45) is 0.